The van der Waals surface area contributed by atoms with Crippen molar-refractivity contribution in [3.8, 4) is 28.6 Å². The quantitative estimate of drug-likeness (QED) is 0.670. The van der Waals surface area contributed by atoms with E-state index in [0.29, 0.717) is 30.2 Å². The monoisotopic (exact) mass is 382 g/mol. The molecule has 0 saturated carbocycles. The van der Waals surface area contributed by atoms with Gasteiger partial charge in [0.2, 0.25) is 5.75 Å². The molecule has 8 nitrogen and oxygen atoms in total. The third-order valence-corrected chi connectivity index (χ3v) is 5.52. The summed E-state index contributed by atoms with van der Waals surface area (Å²) < 4.78 is 12.9. The van der Waals surface area contributed by atoms with Gasteiger partial charge in [-0.3, -0.25) is 0 Å². The van der Waals surface area contributed by atoms with E-state index >= 15 is 0 Å². The Kier molecular flexibility index (Phi) is 4.01. The van der Waals surface area contributed by atoms with Gasteiger partial charge in [-0.05, 0) is 37.1 Å². The number of rotatable bonds is 4. The Labute approximate surface area is 162 Å². The number of hydrogen-bond donors (Lipinski definition) is 2. The number of anilines is 1. The molecular weight excluding hydrogens is 360 g/mol. The highest BCUT2D eigenvalue weighted by Gasteiger charge is 2.26. The lowest BCUT2D eigenvalue weighted by Gasteiger charge is -2.31. The van der Waals surface area contributed by atoms with Gasteiger partial charge in [-0.1, -0.05) is 0 Å². The molecule has 0 spiro atoms. The summed E-state index contributed by atoms with van der Waals surface area (Å²) in [5.74, 6) is 1.28. The zero-order chi connectivity index (χ0) is 19.3. The molecule has 0 aliphatic carbocycles. The van der Waals surface area contributed by atoms with E-state index in [1.54, 1.807) is 6.07 Å². The van der Waals surface area contributed by atoms with Crippen molar-refractivity contribution in [1.29, 1.82) is 0 Å². The van der Waals surface area contributed by atoms with Gasteiger partial charge in [0, 0.05) is 25.3 Å². The van der Waals surface area contributed by atoms with Crippen molar-refractivity contribution in [2.24, 2.45) is 0 Å². The summed E-state index contributed by atoms with van der Waals surface area (Å²) in [4.78, 5) is 11.8. The molecule has 2 N–H and O–H groups in total. The molecule has 2 aliphatic rings. The van der Waals surface area contributed by atoms with Crippen molar-refractivity contribution in [3.63, 3.8) is 0 Å². The van der Waals surface area contributed by atoms with E-state index in [9.17, 15) is 10.2 Å². The molecule has 3 aromatic rings. The number of nitrogens with zero attached hydrogens (tertiary/aromatic N) is 4. The Morgan fingerprint density at radius 3 is 2.71 bits per heavy atom. The van der Waals surface area contributed by atoms with Crippen LogP contribution in [0.25, 0.3) is 22.6 Å². The third kappa shape index (κ3) is 2.63. The predicted molar refractivity (Wildman–Crippen MR) is 104 cm³/mol. The molecule has 2 fully saturated rings. The first-order chi connectivity index (χ1) is 13.7. The van der Waals surface area contributed by atoms with Gasteiger partial charge < -0.3 is 29.2 Å². The fourth-order valence-corrected chi connectivity index (χ4v) is 3.87. The number of phenolic OH excluding ortho intramolecular Hbond substituents is 2. The highest BCUT2D eigenvalue weighted by atomic mass is 16.5. The Morgan fingerprint density at radius 1 is 1.18 bits per heavy atom. The number of benzene rings is 1. The fourth-order valence-electron chi connectivity index (χ4n) is 3.87. The van der Waals surface area contributed by atoms with Crippen LogP contribution in [0.15, 0.2) is 24.3 Å². The second kappa shape index (κ2) is 6.56. The second-order valence-electron chi connectivity index (χ2n) is 7.22. The van der Waals surface area contributed by atoms with Crippen molar-refractivity contribution in [2.75, 3.05) is 38.3 Å². The molecule has 2 saturated heterocycles. The summed E-state index contributed by atoms with van der Waals surface area (Å²) in [6, 6.07) is 7.41. The first-order valence-corrected chi connectivity index (χ1v) is 9.47. The maximum absolute atomic E-state index is 10.1. The number of ether oxygens (including phenoxy) is 2. The van der Waals surface area contributed by atoms with E-state index in [4.69, 9.17) is 19.4 Å². The smallest absolute Gasteiger partial charge is 0.200 e. The van der Waals surface area contributed by atoms with Crippen LogP contribution in [0, 0.1) is 0 Å². The summed E-state index contributed by atoms with van der Waals surface area (Å²) >= 11 is 0. The van der Waals surface area contributed by atoms with Crippen molar-refractivity contribution in [3.05, 3.63) is 24.3 Å². The second-order valence-corrected chi connectivity index (χ2v) is 7.22. The van der Waals surface area contributed by atoms with E-state index in [1.165, 1.54) is 19.6 Å². The van der Waals surface area contributed by atoms with Crippen LogP contribution in [0.4, 0.5) is 5.82 Å². The average Bonchev–Trinajstić information content (AvgIpc) is 3.29. The highest BCUT2D eigenvalue weighted by Crippen LogP contribution is 2.41. The molecule has 5 rings (SSSR count). The number of fused-ring (bicyclic) bond motifs is 1. The van der Waals surface area contributed by atoms with Gasteiger partial charge in [-0.2, -0.15) is 0 Å². The summed E-state index contributed by atoms with van der Waals surface area (Å²) in [5, 5.41) is 20.1. The highest BCUT2D eigenvalue weighted by molar-refractivity contribution is 5.80. The van der Waals surface area contributed by atoms with Crippen LogP contribution in [0.5, 0.6) is 17.2 Å². The standard InChI is InChI=1S/C20H22N4O4/c1-27-16-10-12(9-15(25)18(16)26)20-22-19-14(24(20)13-5-8-28-11-13)3-4-17(21-19)23-6-2-7-23/h3-4,9-10,13,25-26H,2,5-8,11H2,1H3. The third-order valence-electron chi connectivity index (χ3n) is 5.52. The number of aromatic nitrogens is 3. The number of aromatic hydroxyl groups is 2. The van der Waals surface area contributed by atoms with Gasteiger partial charge >= 0.3 is 0 Å². The first-order valence-electron chi connectivity index (χ1n) is 9.47. The number of imidazole rings is 1. The minimum absolute atomic E-state index is 0.138. The van der Waals surface area contributed by atoms with Gasteiger partial charge in [0.15, 0.2) is 17.1 Å². The Balaban J connectivity index is 1.70. The van der Waals surface area contributed by atoms with Gasteiger partial charge in [-0.15, -0.1) is 0 Å². The van der Waals surface area contributed by atoms with Crippen LogP contribution >= 0.6 is 0 Å². The number of methoxy groups -OCH3 is 1. The van der Waals surface area contributed by atoms with Crippen LogP contribution in [0.1, 0.15) is 18.9 Å². The zero-order valence-corrected chi connectivity index (χ0v) is 15.6. The summed E-state index contributed by atoms with van der Waals surface area (Å²) in [6.45, 7) is 3.35. The molecule has 0 bridgehead atoms. The molecule has 2 aromatic heterocycles. The lowest BCUT2D eigenvalue weighted by molar-refractivity contribution is 0.187. The maximum atomic E-state index is 10.1. The molecule has 4 heterocycles. The van der Waals surface area contributed by atoms with Crippen LogP contribution in [-0.2, 0) is 4.74 Å². The summed E-state index contributed by atoms with van der Waals surface area (Å²) in [5.41, 5.74) is 2.25. The molecule has 8 heteroatoms. The van der Waals surface area contributed by atoms with Gasteiger partial charge in [0.1, 0.15) is 11.6 Å². The van der Waals surface area contributed by atoms with Gasteiger partial charge in [-0.25, -0.2) is 9.97 Å². The Bertz CT molecular complexity index is 1040. The number of pyridine rings is 1. The van der Waals surface area contributed by atoms with Crippen molar-refractivity contribution in [2.45, 2.75) is 18.9 Å². The van der Waals surface area contributed by atoms with Crippen molar-refractivity contribution >= 4 is 17.0 Å². The Morgan fingerprint density at radius 2 is 2.04 bits per heavy atom. The molecule has 146 valence electrons. The molecule has 1 aromatic carbocycles. The first kappa shape index (κ1) is 17.1. The van der Waals surface area contributed by atoms with Crippen LogP contribution in [0.3, 0.4) is 0 Å². The maximum Gasteiger partial charge on any atom is 0.200 e. The minimum atomic E-state index is -0.281. The SMILES string of the molecule is COc1cc(-c2nc3nc(N4CCC4)ccc3n2C2CCOC2)cc(O)c1O. The number of phenols is 2. The molecule has 2 aliphatic heterocycles. The minimum Gasteiger partial charge on any atom is -0.504 e. The van der Waals surface area contributed by atoms with Crippen LogP contribution in [-0.4, -0.2) is 58.2 Å². The van der Waals surface area contributed by atoms with Crippen molar-refractivity contribution in [1.82, 2.24) is 14.5 Å². The van der Waals surface area contributed by atoms with E-state index in [0.717, 1.165) is 30.8 Å². The number of hydrogen-bond acceptors (Lipinski definition) is 7. The van der Waals surface area contributed by atoms with E-state index in [2.05, 4.69) is 15.5 Å². The topological polar surface area (TPSA) is 92.9 Å². The van der Waals surface area contributed by atoms with E-state index < -0.39 is 0 Å². The summed E-state index contributed by atoms with van der Waals surface area (Å²) in [7, 11) is 1.45. The lowest BCUT2D eigenvalue weighted by Crippen LogP contribution is -2.37. The van der Waals surface area contributed by atoms with Crippen LogP contribution in [0.2, 0.25) is 0 Å². The van der Waals surface area contributed by atoms with Crippen LogP contribution < -0.4 is 9.64 Å². The van der Waals surface area contributed by atoms with Gasteiger partial charge in [0.25, 0.3) is 0 Å². The largest absolute Gasteiger partial charge is 0.504 e. The van der Waals surface area contributed by atoms with E-state index in [-0.39, 0.29) is 23.3 Å². The normalized spacial score (nSPS) is 19.2. The summed E-state index contributed by atoms with van der Waals surface area (Å²) in [6.07, 6.45) is 2.07. The molecular formula is C20H22N4O4. The fraction of sp³-hybridized carbons (Fsp3) is 0.400. The average molecular weight is 382 g/mol. The van der Waals surface area contributed by atoms with Crippen molar-refractivity contribution < 1.29 is 19.7 Å². The van der Waals surface area contributed by atoms with Gasteiger partial charge in [0.05, 0.1) is 25.3 Å². The molecule has 28 heavy (non-hydrogen) atoms. The molecule has 0 radical (unpaired) electrons. The predicted octanol–water partition coefficient (Wildman–Crippen LogP) is 2.69. The molecule has 1 atom stereocenters. The molecule has 1 unspecified atom stereocenters. The zero-order valence-electron chi connectivity index (χ0n) is 15.6. The Hall–Kier alpha value is -3.00. The lowest BCUT2D eigenvalue weighted by atomic mass is 10.1. The molecule has 0 amide bonds. The van der Waals surface area contributed by atoms with E-state index in [1.807, 2.05) is 6.07 Å².